The molecule has 3 nitrogen and oxygen atoms in total. The summed E-state index contributed by atoms with van der Waals surface area (Å²) in [7, 11) is 0. The molecule has 3 aromatic rings. The average molecular weight is 350 g/mol. The van der Waals surface area contributed by atoms with E-state index in [0.29, 0.717) is 6.42 Å². The molecule has 6 heteroatoms. The van der Waals surface area contributed by atoms with Crippen LogP contribution in [-0.2, 0) is 12.2 Å². The summed E-state index contributed by atoms with van der Waals surface area (Å²) in [6, 6.07) is 15.5. The van der Waals surface area contributed by atoms with Gasteiger partial charge in [-0.05, 0) is 35.4 Å². The molecule has 112 valence electrons. The number of thioether (sulfide) groups is 1. The van der Waals surface area contributed by atoms with Crippen LogP contribution in [0.2, 0.25) is 10.0 Å². The van der Waals surface area contributed by atoms with Crippen molar-refractivity contribution in [3.63, 3.8) is 0 Å². The molecule has 0 saturated heterocycles. The van der Waals surface area contributed by atoms with Gasteiger partial charge in [0.25, 0.3) is 0 Å². The lowest BCUT2D eigenvalue weighted by Crippen LogP contribution is -1.90. The van der Waals surface area contributed by atoms with Crippen molar-refractivity contribution in [2.24, 2.45) is 0 Å². The largest absolute Gasteiger partial charge is 0.262 e. The van der Waals surface area contributed by atoms with Crippen LogP contribution in [0.15, 0.2) is 53.7 Å². The molecule has 3 rings (SSSR count). The fourth-order valence-electron chi connectivity index (χ4n) is 1.95. The maximum atomic E-state index is 5.88. The molecule has 1 aromatic heterocycles. The molecule has 22 heavy (non-hydrogen) atoms. The topological polar surface area (TPSA) is 41.6 Å². The Morgan fingerprint density at radius 1 is 0.864 bits per heavy atom. The van der Waals surface area contributed by atoms with Crippen LogP contribution in [0.1, 0.15) is 17.0 Å². The van der Waals surface area contributed by atoms with Gasteiger partial charge < -0.3 is 0 Å². The number of nitrogens with zero attached hydrogens (tertiary/aromatic N) is 2. The first kappa shape index (κ1) is 15.4. The van der Waals surface area contributed by atoms with Crippen LogP contribution in [0.3, 0.4) is 0 Å². The summed E-state index contributed by atoms with van der Waals surface area (Å²) in [6.45, 7) is 0. The van der Waals surface area contributed by atoms with Gasteiger partial charge in [0, 0.05) is 22.2 Å². The number of rotatable bonds is 5. The molecular formula is C16H13Cl2N3S. The molecule has 0 aliphatic carbocycles. The Morgan fingerprint density at radius 2 is 1.45 bits per heavy atom. The van der Waals surface area contributed by atoms with Gasteiger partial charge >= 0.3 is 0 Å². The van der Waals surface area contributed by atoms with Crippen LogP contribution in [0, 0.1) is 0 Å². The molecule has 0 aliphatic heterocycles. The van der Waals surface area contributed by atoms with E-state index in [1.807, 2.05) is 48.5 Å². The molecule has 0 radical (unpaired) electrons. The second kappa shape index (κ2) is 7.18. The molecular weight excluding hydrogens is 337 g/mol. The molecule has 0 bridgehead atoms. The van der Waals surface area contributed by atoms with Crippen molar-refractivity contribution >= 4 is 35.0 Å². The van der Waals surface area contributed by atoms with E-state index in [1.54, 1.807) is 11.8 Å². The van der Waals surface area contributed by atoms with Crippen molar-refractivity contribution in [1.82, 2.24) is 15.2 Å². The third kappa shape index (κ3) is 4.26. The van der Waals surface area contributed by atoms with Crippen molar-refractivity contribution in [3.05, 3.63) is 75.5 Å². The molecule has 1 N–H and O–H groups in total. The highest BCUT2D eigenvalue weighted by Crippen LogP contribution is 2.21. The zero-order valence-electron chi connectivity index (χ0n) is 11.6. The molecule has 2 aromatic carbocycles. The zero-order valence-corrected chi connectivity index (χ0v) is 13.9. The Labute approximate surface area is 143 Å². The lowest BCUT2D eigenvalue weighted by molar-refractivity contribution is 0.956. The van der Waals surface area contributed by atoms with Crippen LogP contribution >= 0.6 is 35.0 Å². The first-order chi connectivity index (χ1) is 10.7. The van der Waals surface area contributed by atoms with E-state index in [9.17, 15) is 0 Å². The van der Waals surface area contributed by atoms with E-state index in [2.05, 4.69) is 15.2 Å². The lowest BCUT2D eigenvalue weighted by atomic mass is 10.1. The number of hydrogen-bond acceptors (Lipinski definition) is 3. The number of hydrogen-bond donors (Lipinski definition) is 1. The second-order valence-electron chi connectivity index (χ2n) is 4.78. The van der Waals surface area contributed by atoms with Gasteiger partial charge in [-0.3, -0.25) is 5.10 Å². The summed E-state index contributed by atoms with van der Waals surface area (Å²) in [5.74, 6) is 1.66. The molecule has 0 atom stereocenters. The summed E-state index contributed by atoms with van der Waals surface area (Å²) >= 11 is 13.4. The second-order valence-corrected chi connectivity index (χ2v) is 6.60. The highest BCUT2D eigenvalue weighted by atomic mass is 35.5. The van der Waals surface area contributed by atoms with E-state index < -0.39 is 0 Å². The highest BCUT2D eigenvalue weighted by molar-refractivity contribution is 7.98. The third-order valence-corrected chi connectivity index (χ3v) is 4.50. The maximum absolute atomic E-state index is 5.88. The van der Waals surface area contributed by atoms with Crippen molar-refractivity contribution in [2.45, 2.75) is 17.3 Å². The smallest absolute Gasteiger partial charge is 0.208 e. The van der Waals surface area contributed by atoms with Crippen LogP contribution in [-0.4, -0.2) is 15.2 Å². The van der Waals surface area contributed by atoms with Gasteiger partial charge in [0.05, 0.1) is 0 Å². The van der Waals surface area contributed by atoms with Crippen LogP contribution in [0.25, 0.3) is 0 Å². The van der Waals surface area contributed by atoms with Gasteiger partial charge in [-0.15, -0.1) is 5.10 Å². The fourth-order valence-corrected chi connectivity index (χ4v) is 2.97. The Bertz CT molecular complexity index is 739. The molecule has 0 spiro atoms. The zero-order chi connectivity index (χ0) is 15.4. The third-order valence-electron chi connectivity index (χ3n) is 3.08. The van der Waals surface area contributed by atoms with Crippen molar-refractivity contribution in [3.8, 4) is 0 Å². The molecule has 0 saturated carbocycles. The number of aromatic amines is 1. The van der Waals surface area contributed by atoms with Gasteiger partial charge in [-0.25, -0.2) is 4.98 Å². The SMILES string of the molecule is Clc1ccc(CSc2n[nH]c(Cc3ccc(Cl)cc3)n2)cc1. The number of halogens is 2. The van der Waals surface area contributed by atoms with Gasteiger partial charge in [-0.1, -0.05) is 59.2 Å². The molecule has 1 heterocycles. The summed E-state index contributed by atoms with van der Waals surface area (Å²) < 4.78 is 0. The number of aromatic nitrogens is 3. The Kier molecular flexibility index (Phi) is 5.03. The first-order valence-electron chi connectivity index (χ1n) is 6.72. The predicted octanol–water partition coefficient (Wildman–Crippen LogP) is 4.99. The minimum absolute atomic E-state index is 0.714. The van der Waals surface area contributed by atoms with Crippen LogP contribution in [0.5, 0.6) is 0 Å². The minimum atomic E-state index is 0.714. The summed E-state index contributed by atoms with van der Waals surface area (Å²) in [4.78, 5) is 4.50. The average Bonchev–Trinajstić information content (AvgIpc) is 2.97. The fraction of sp³-hybridized carbons (Fsp3) is 0.125. The predicted molar refractivity (Wildman–Crippen MR) is 91.7 cm³/mol. The van der Waals surface area contributed by atoms with Gasteiger partial charge in [0.15, 0.2) is 0 Å². The number of benzene rings is 2. The summed E-state index contributed by atoms with van der Waals surface area (Å²) in [5, 5.41) is 9.45. The maximum Gasteiger partial charge on any atom is 0.208 e. The summed E-state index contributed by atoms with van der Waals surface area (Å²) in [5.41, 5.74) is 2.34. The van der Waals surface area contributed by atoms with Gasteiger partial charge in [-0.2, -0.15) is 0 Å². The number of nitrogens with one attached hydrogen (secondary N) is 1. The highest BCUT2D eigenvalue weighted by Gasteiger charge is 2.05. The van der Waals surface area contributed by atoms with E-state index in [4.69, 9.17) is 23.2 Å². The molecule has 0 amide bonds. The Hall–Kier alpha value is -1.49. The normalized spacial score (nSPS) is 10.8. The minimum Gasteiger partial charge on any atom is -0.262 e. The van der Waals surface area contributed by atoms with Gasteiger partial charge in [0.2, 0.25) is 5.16 Å². The van der Waals surface area contributed by atoms with E-state index >= 15 is 0 Å². The molecule has 0 unspecified atom stereocenters. The standard InChI is InChI=1S/C16H13Cl2N3S/c17-13-5-1-11(2-6-13)9-15-19-16(21-20-15)22-10-12-3-7-14(18)8-4-12/h1-8H,9-10H2,(H,19,20,21). The monoisotopic (exact) mass is 349 g/mol. The molecule has 0 fully saturated rings. The Balaban J connectivity index is 1.59. The van der Waals surface area contributed by atoms with E-state index in [-0.39, 0.29) is 0 Å². The van der Waals surface area contributed by atoms with E-state index in [1.165, 1.54) is 5.56 Å². The van der Waals surface area contributed by atoms with Crippen LogP contribution in [0.4, 0.5) is 0 Å². The Morgan fingerprint density at radius 3 is 2.09 bits per heavy atom. The summed E-state index contributed by atoms with van der Waals surface area (Å²) in [6.07, 6.45) is 0.714. The lowest BCUT2D eigenvalue weighted by Gasteiger charge is -1.98. The van der Waals surface area contributed by atoms with Crippen LogP contribution < -0.4 is 0 Å². The van der Waals surface area contributed by atoms with Gasteiger partial charge in [0.1, 0.15) is 5.82 Å². The van der Waals surface area contributed by atoms with Crippen molar-refractivity contribution < 1.29 is 0 Å². The quantitative estimate of drug-likeness (QED) is 0.659. The first-order valence-corrected chi connectivity index (χ1v) is 8.46. The van der Waals surface area contributed by atoms with E-state index in [0.717, 1.165) is 32.3 Å². The van der Waals surface area contributed by atoms with Crippen molar-refractivity contribution in [2.75, 3.05) is 0 Å². The number of H-pyrrole nitrogens is 1. The molecule has 0 aliphatic rings. The van der Waals surface area contributed by atoms with Crippen molar-refractivity contribution in [1.29, 1.82) is 0 Å².